The molecular formula is C22H28ClN11O2. The van der Waals surface area contributed by atoms with Gasteiger partial charge in [-0.25, -0.2) is 9.97 Å². The van der Waals surface area contributed by atoms with Crippen LogP contribution in [0.25, 0.3) is 0 Å². The van der Waals surface area contributed by atoms with E-state index in [4.69, 9.17) is 33.5 Å². The number of hydrogen-bond donors (Lipinski definition) is 4. The molecule has 2 aromatic heterocycles. The summed E-state index contributed by atoms with van der Waals surface area (Å²) in [6.07, 6.45) is 3.52. The van der Waals surface area contributed by atoms with E-state index < -0.39 is 5.91 Å². The van der Waals surface area contributed by atoms with Gasteiger partial charge in [-0.2, -0.15) is 4.99 Å². The molecule has 36 heavy (non-hydrogen) atoms. The van der Waals surface area contributed by atoms with Crippen LogP contribution in [0.1, 0.15) is 34.6 Å². The Hall–Kier alpha value is -3.97. The summed E-state index contributed by atoms with van der Waals surface area (Å²) in [5.41, 5.74) is 18.9. The Morgan fingerprint density at radius 1 is 1.19 bits per heavy atom. The number of carbonyl (C=O) groups is 1. The van der Waals surface area contributed by atoms with Crippen molar-refractivity contribution in [3.05, 3.63) is 52.6 Å². The molecule has 0 radical (unpaired) electrons. The van der Waals surface area contributed by atoms with Crippen LogP contribution < -0.4 is 27.3 Å². The van der Waals surface area contributed by atoms with Gasteiger partial charge in [-0.15, -0.1) is 5.10 Å². The highest BCUT2D eigenvalue weighted by molar-refractivity contribution is 6.31. The largest absolute Gasteiger partial charge is 0.487 e. The van der Waals surface area contributed by atoms with Gasteiger partial charge in [-0.3, -0.25) is 14.4 Å². The van der Waals surface area contributed by atoms with Gasteiger partial charge in [0.2, 0.25) is 0 Å². The molecule has 1 amide bonds. The number of aryl methyl sites for hydroxylation is 1. The van der Waals surface area contributed by atoms with Crippen molar-refractivity contribution in [2.75, 3.05) is 24.6 Å². The molecule has 1 aliphatic heterocycles. The fourth-order valence-corrected chi connectivity index (χ4v) is 3.93. The van der Waals surface area contributed by atoms with Gasteiger partial charge in [-0.1, -0.05) is 28.9 Å². The van der Waals surface area contributed by atoms with Gasteiger partial charge in [-0.05, 0) is 30.5 Å². The van der Waals surface area contributed by atoms with Gasteiger partial charge in [0.05, 0.1) is 6.20 Å². The Kier molecular flexibility index (Phi) is 7.80. The Labute approximate surface area is 212 Å². The molecule has 13 nitrogen and oxygen atoms in total. The maximum absolute atomic E-state index is 12.4. The van der Waals surface area contributed by atoms with E-state index in [-0.39, 0.29) is 34.5 Å². The summed E-state index contributed by atoms with van der Waals surface area (Å²) in [6.45, 7) is 2.95. The normalized spacial score (nSPS) is 15.1. The number of likely N-dealkylation sites (tertiary alicyclic amines) is 1. The van der Waals surface area contributed by atoms with Crippen molar-refractivity contribution in [3.8, 4) is 5.75 Å². The monoisotopic (exact) mass is 513 g/mol. The lowest BCUT2D eigenvalue weighted by molar-refractivity contribution is 0.0998. The van der Waals surface area contributed by atoms with E-state index in [0.717, 1.165) is 43.9 Å². The van der Waals surface area contributed by atoms with Gasteiger partial charge in [0.25, 0.3) is 0 Å². The highest BCUT2D eigenvalue weighted by Gasteiger charge is 2.21. The molecule has 14 heteroatoms. The number of hydrogen-bond acceptors (Lipinski definition) is 9. The number of anilines is 2. The standard InChI is InChI=1S/C22H28ClN11O2/c1-33-11-15(31-32-33)12-36-16-4-2-13(3-5-16)10-34-8-6-14(7-9-34)27-22(26)30-21(35)17-19(24)29-20(25)18(23)28-17/h2-5,11,14H,6-10,12H2,1H3,(H4,24,25,29)(H3,26,27,30,35). The molecule has 3 aromatic rings. The van der Waals surface area contributed by atoms with Crippen LogP contribution in [-0.2, 0) is 20.2 Å². The molecule has 1 aliphatic rings. The average Bonchev–Trinajstić information content (AvgIpc) is 3.27. The summed E-state index contributed by atoms with van der Waals surface area (Å²) in [4.78, 5) is 26.2. The first-order valence-electron chi connectivity index (χ1n) is 11.3. The number of nitrogens with one attached hydrogen (secondary N) is 1. The molecule has 4 rings (SSSR count). The van der Waals surface area contributed by atoms with E-state index in [1.807, 2.05) is 25.4 Å². The van der Waals surface area contributed by atoms with Crippen molar-refractivity contribution in [2.24, 2.45) is 17.8 Å². The van der Waals surface area contributed by atoms with Crippen LogP contribution in [0.2, 0.25) is 5.15 Å². The lowest BCUT2D eigenvalue weighted by atomic mass is 10.0. The number of aromatic nitrogens is 5. The summed E-state index contributed by atoms with van der Waals surface area (Å²) in [6, 6.07) is 8.13. The van der Waals surface area contributed by atoms with Crippen LogP contribution in [0.5, 0.6) is 5.75 Å². The minimum atomic E-state index is -0.742. The van der Waals surface area contributed by atoms with Crippen LogP contribution in [0.3, 0.4) is 0 Å². The predicted octanol–water partition coefficient (Wildman–Crippen LogP) is 0.711. The Balaban J connectivity index is 1.22. The van der Waals surface area contributed by atoms with E-state index >= 15 is 0 Å². The zero-order valence-corrected chi connectivity index (χ0v) is 20.5. The number of benzene rings is 1. The third-order valence-corrected chi connectivity index (χ3v) is 5.91. The Morgan fingerprint density at radius 2 is 1.92 bits per heavy atom. The smallest absolute Gasteiger partial charge is 0.302 e. The average molecular weight is 514 g/mol. The fourth-order valence-electron chi connectivity index (χ4n) is 3.81. The van der Waals surface area contributed by atoms with Crippen molar-refractivity contribution >= 4 is 35.1 Å². The van der Waals surface area contributed by atoms with Crippen molar-refractivity contribution in [3.63, 3.8) is 0 Å². The van der Waals surface area contributed by atoms with Crippen molar-refractivity contribution in [1.82, 2.24) is 35.2 Å². The highest BCUT2D eigenvalue weighted by Crippen LogP contribution is 2.19. The molecule has 0 aliphatic carbocycles. The molecule has 0 atom stereocenters. The third kappa shape index (κ3) is 6.58. The molecule has 1 fully saturated rings. The van der Waals surface area contributed by atoms with Gasteiger partial charge in [0, 0.05) is 32.7 Å². The van der Waals surface area contributed by atoms with E-state index in [1.165, 1.54) is 5.56 Å². The summed E-state index contributed by atoms with van der Waals surface area (Å²) in [5.74, 6) is -0.184. The summed E-state index contributed by atoms with van der Waals surface area (Å²) < 4.78 is 7.41. The molecule has 0 bridgehead atoms. The molecular weight excluding hydrogens is 486 g/mol. The number of ether oxygens (including phenoxy) is 1. The summed E-state index contributed by atoms with van der Waals surface area (Å²) in [5, 5.41) is 10.9. The lowest BCUT2D eigenvalue weighted by Gasteiger charge is -2.32. The number of piperidine rings is 1. The van der Waals surface area contributed by atoms with Crippen molar-refractivity contribution < 1.29 is 9.53 Å². The number of nitrogen functional groups attached to an aromatic ring is 2. The predicted molar refractivity (Wildman–Crippen MR) is 135 cm³/mol. The van der Waals surface area contributed by atoms with E-state index in [1.54, 1.807) is 4.68 Å². The number of amides is 1. The number of rotatable bonds is 7. The van der Waals surface area contributed by atoms with Crippen LogP contribution in [0.4, 0.5) is 11.6 Å². The number of carbonyl (C=O) groups excluding carboxylic acids is 1. The molecule has 7 N–H and O–H groups in total. The maximum Gasteiger partial charge on any atom is 0.302 e. The quantitative estimate of drug-likeness (QED) is 0.257. The molecule has 1 saturated heterocycles. The third-order valence-electron chi connectivity index (χ3n) is 5.64. The molecule has 3 heterocycles. The minimum absolute atomic E-state index is 0.00956. The topological polar surface area (TPSA) is 188 Å². The van der Waals surface area contributed by atoms with Gasteiger partial charge < -0.3 is 27.3 Å². The van der Waals surface area contributed by atoms with E-state index in [0.29, 0.717) is 6.61 Å². The lowest BCUT2D eigenvalue weighted by Crippen LogP contribution is -2.47. The SMILES string of the molecule is Cn1cc(COc2ccc(CN3CCC(N/C(N)=N/C(=O)c4nc(Cl)c(N)nc4N)CC3)cc2)nn1. The number of halogens is 1. The summed E-state index contributed by atoms with van der Waals surface area (Å²) >= 11 is 5.82. The molecule has 190 valence electrons. The number of guanidine groups is 1. The van der Waals surface area contributed by atoms with Crippen LogP contribution in [0.15, 0.2) is 35.5 Å². The van der Waals surface area contributed by atoms with Crippen LogP contribution in [0, 0.1) is 0 Å². The second kappa shape index (κ2) is 11.2. The maximum atomic E-state index is 12.4. The molecule has 0 unspecified atom stereocenters. The van der Waals surface area contributed by atoms with E-state index in [9.17, 15) is 4.79 Å². The molecule has 0 saturated carbocycles. The summed E-state index contributed by atoms with van der Waals surface area (Å²) in [7, 11) is 1.82. The molecule has 1 aromatic carbocycles. The van der Waals surface area contributed by atoms with Crippen LogP contribution >= 0.6 is 11.6 Å². The second-order valence-electron chi connectivity index (χ2n) is 8.45. The Bertz CT molecular complexity index is 1240. The number of nitrogens with two attached hydrogens (primary N) is 3. The number of nitrogens with zero attached hydrogens (tertiary/aromatic N) is 7. The Morgan fingerprint density at radius 3 is 2.58 bits per heavy atom. The van der Waals surface area contributed by atoms with Gasteiger partial charge >= 0.3 is 5.91 Å². The fraction of sp³-hybridized carbons (Fsp3) is 0.364. The zero-order valence-electron chi connectivity index (χ0n) is 19.8. The van der Waals surface area contributed by atoms with E-state index in [2.05, 4.69) is 47.6 Å². The van der Waals surface area contributed by atoms with Gasteiger partial charge in [0.15, 0.2) is 28.4 Å². The van der Waals surface area contributed by atoms with Crippen molar-refractivity contribution in [1.29, 1.82) is 0 Å². The first-order chi connectivity index (χ1) is 17.3. The number of aliphatic imine (C=N–C) groups is 1. The van der Waals surface area contributed by atoms with Crippen molar-refractivity contribution in [2.45, 2.75) is 32.0 Å². The van der Waals surface area contributed by atoms with Gasteiger partial charge in [0.1, 0.15) is 18.1 Å². The first-order valence-corrected chi connectivity index (χ1v) is 11.7. The minimum Gasteiger partial charge on any atom is -0.487 e. The second-order valence-corrected chi connectivity index (χ2v) is 8.80. The molecule has 0 spiro atoms. The van der Waals surface area contributed by atoms with Crippen LogP contribution in [-0.4, -0.2) is 60.9 Å². The zero-order chi connectivity index (χ0) is 25.7. The first kappa shape index (κ1) is 25.1. The highest BCUT2D eigenvalue weighted by atomic mass is 35.5.